The average molecular weight is 262 g/mol. The molecule has 1 N–H and O–H groups in total. The summed E-state index contributed by atoms with van der Waals surface area (Å²) in [6, 6.07) is 7.48. The van der Waals surface area contributed by atoms with Crippen LogP contribution in [0, 0.1) is 0 Å². The molecular formula is C13H12NO3S-. The topological polar surface area (TPSA) is 69.2 Å². The van der Waals surface area contributed by atoms with Gasteiger partial charge in [0.05, 0.1) is 5.00 Å². The molecule has 0 saturated heterocycles. The second kappa shape index (κ2) is 4.78. The SMILES string of the molecule is CC(=O)Nc1sc2ccccc2c1C(C)C(=O)[O-]. The number of benzene rings is 1. The van der Waals surface area contributed by atoms with Crippen molar-refractivity contribution in [2.75, 3.05) is 5.32 Å². The largest absolute Gasteiger partial charge is 0.550 e. The Balaban J connectivity index is 2.64. The van der Waals surface area contributed by atoms with Crippen LogP contribution in [0.1, 0.15) is 25.3 Å². The van der Waals surface area contributed by atoms with Gasteiger partial charge in [0.15, 0.2) is 0 Å². The van der Waals surface area contributed by atoms with Crippen LogP contribution in [-0.4, -0.2) is 11.9 Å². The molecule has 0 fully saturated rings. The van der Waals surface area contributed by atoms with Crippen LogP contribution in [0.3, 0.4) is 0 Å². The molecule has 0 radical (unpaired) electrons. The fraction of sp³-hybridized carbons (Fsp3) is 0.231. The Morgan fingerprint density at radius 3 is 2.61 bits per heavy atom. The smallest absolute Gasteiger partial charge is 0.221 e. The number of carbonyl (C=O) groups excluding carboxylic acids is 2. The number of thiophene rings is 1. The molecule has 1 aromatic carbocycles. The summed E-state index contributed by atoms with van der Waals surface area (Å²) in [5.41, 5.74) is 0.616. The predicted molar refractivity (Wildman–Crippen MR) is 69.6 cm³/mol. The van der Waals surface area contributed by atoms with Gasteiger partial charge in [-0.05, 0) is 11.5 Å². The van der Waals surface area contributed by atoms with Crippen LogP contribution < -0.4 is 10.4 Å². The number of fused-ring (bicyclic) bond motifs is 1. The van der Waals surface area contributed by atoms with Gasteiger partial charge in [0, 0.05) is 29.1 Å². The molecule has 1 aromatic heterocycles. The molecule has 1 heterocycles. The van der Waals surface area contributed by atoms with Gasteiger partial charge in [-0.3, -0.25) is 4.79 Å². The molecule has 0 aliphatic heterocycles. The lowest BCUT2D eigenvalue weighted by Gasteiger charge is -2.14. The number of anilines is 1. The first-order valence-electron chi connectivity index (χ1n) is 5.50. The first-order chi connectivity index (χ1) is 8.50. The summed E-state index contributed by atoms with van der Waals surface area (Å²) in [4.78, 5) is 22.2. The van der Waals surface area contributed by atoms with Crippen molar-refractivity contribution in [1.82, 2.24) is 0 Å². The van der Waals surface area contributed by atoms with E-state index in [1.54, 1.807) is 6.92 Å². The van der Waals surface area contributed by atoms with Crippen molar-refractivity contribution in [3.63, 3.8) is 0 Å². The second-order valence-electron chi connectivity index (χ2n) is 4.06. The molecule has 4 nitrogen and oxygen atoms in total. The first kappa shape index (κ1) is 12.6. The Labute approximate surface area is 108 Å². The summed E-state index contributed by atoms with van der Waals surface area (Å²) in [6.45, 7) is 2.97. The molecule has 18 heavy (non-hydrogen) atoms. The lowest BCUT2D eigenvalue weighted by molar-refractivity contribution is -0.307. The Morgan fingerprint density at radius 1 is 1.33 bits per heavy atom. The number of carbonyl (C=O) groups is 2. The molecule has 0 aliphatic carbocycles. The molecule has 2 rings (SSSR count). The quantitative estimate of drug-likeness (QED) is 0.915. The molecule has 94 valence electrons. The Kier molecular flexibility index (Phi) is 3.34. The number of rotatable bonds is 3. The molecule has 5 heteroatoms. The van der Waals surface area contributed by atoms with Crippen molar-refractivity contribution in [3.05, 3.63) is 29.8 Å². The molecule has 0 spiro atoms. The molecule has 0 saturated carbocycles. The lowest BCUT2D eigenvalue weighted by atomic mass is 9.99. The Morgan fingerprint density at radius 2 is 2.00 bits per heavy atom. The number of nitrogens with one attached hydrogen (secondary N) is 1. The van der Waals surface area contributed by atoms with E-state index in [4.69, 9.17) is 0 Å². The van der Waals surface area contributed by atoms with Crippen molar-refractivity contribution >= 4 is 38.3 Å². The third kappa shape index (κ3) is 2.22. The van der Waals surface area contributed by atoms with Crippen LogP contribution in [0.5, 0.6) is 0 Å². The Bertz CT molecular complexity index is 618. The third-order valence-corrected chi connectivity index (χ3v) is 3.81. The molecule has 0 aliphatic rings. The third-order valence-electron chi connectivity index (χ3n) is 2.71. The number of hydrogen-bond acceptors (Lipinski definition) is 4. The van der Waals surface area contributed by atoms with Gasteiger partial charge < -0.3 is 15.2 Å². The van der Waals surface area contributed by atoms with Gasteiger partial charge in [0.2, 0.25) is 5.91 Å². The number of carboxylic acid groups (broad SMARTS) is 1. The molecular weight excluding hydrogens is 250 g/mol. The molecule has 1 unspecified atom stereocenters. The van der Waals surface area contributed by atoms with Gasteiger partial charge >= 0.3 is 0 Å². The molecule has 2 aromatic rings. The van der Waals surface area contributed by atoms with E-state index >= 15 is 0 Å². The monoisotopic (exact) mass is 262 g/mol. The van der Waals surface area contributed by atoms with Crippen LogP contribution in [0.4, 0.5) is 5.00 Å². The maximum Gasteiger partial charge on any atom is 0.221 e. The first-order valence-corrected chi connectivity index (χ1v) is 6.32. The second-order valence-corrected chi connectivity index (χ2v) is 5.12. The van der Waals surface area contributed by atoms with Crippen LogP contribution in [0.2, 0.25) is 0 Å². The van der Waals surface area contributed by atoms with E-state index in [-0.39, 0.29) is 5.91 Å². The zero-order valence-electron chi connectivity index (χ0n) is 10.0. The van der Waals surface area contributed by atoms with Gasteiger partial charge in [0.1, 0.15) is 0 Å². The minimum atomic E-state index is -1.15. The van der Waals surface area contributed by atoms with Crippen molar-refractivity contribution in [1.29, 1.82) is 0 Å². The van der Waals surface area contributed by atoms with Crippen molar-refractivity contribution in [3.8, 4) is 0 Å². The van der Waals surface area contributed by atoms with Gasteiger partial charge in [-0.2, -0.15) is 0 Å². The highest BCUT2D eigenvalue weighted by Crippen LogP contribution is 2.39. The van der Waals surface area contributed by atoms with Gasteiger partial charge in [-0.25, -0.2) is 0 Å². The Hall–Kier alpha value is -1.88. The summed E-state index contributed by atoms with van der Waals surface area (Å²) in [5.74, 6) is -2.12. The zero-order valence-corrected chi connectivity index (χ0v) is 10.8. The zero-order chi connectivity index (χ0) is 13.3. The minimum absolute atomic E-state index is 0.214. The maximum atomic E-state index is 11.2. The average Bonchev–Trinajstić information content (AvgIpc) is 2.64. The van der Waals surface area contributed by atoms with Crippen molar-refractivity contribution in [2.24, 2.45) is 0 Å². The molecule has 1 amide bonds. The molecule has 1 atom stereocenters. The lowest BCUT2D eigenvalue weighted by Crippen LogP contribution is -2.28. The van der Waals surface area contributed by atoms with Gasteiger partial charge in [0.25, 0.3) is 0 Å². The van der Waals surface area contributed by atoms with E-state index < -0.39 is 11.9 Å². The minimum Gasteiger partial charge on any atom is -0.550 e. The van der Waals surface area contributed by atoms with E-state index in [0.717, 1.165) is 10.1 Å². The highest BCUT2D eigenvalue weighted by Gasteiger charge is 2.19. The van der Waals surface area contributed by atoms with Crippen LogP contribution >= 0.6 is 11.3 Å². The van der Waals surface area contributed by atoms with Crippen LogP contribution in [-0.2, 0) is 9.59 Å². The normalized spacial score (nSPS) is 12.3. The van der Waals surface area contributed by atoms with Crippen molar-refractivity contribution in [2.45, 2.75) is 19.8 Å². The standard InChI is InChI=1S/C13H13NO3S/c1-7(13(16)17)11-9-5-3-4-6-10(9)18-12(11)14-8(2)15/h3-7H,1-2H3,(H,14,15)(H,16,17)/p-1. The van der Waals surface area contributed by atoms with E-state index in [1.165, 1.54) is 18.3 Å². The molecule has 0 bridgehead atoms. The fourth-order valence-electron chi connectivity index (χ4n) is 1.87. The summed E-state index contributed by atoms with van der Waals surface area (Å²) in [5, 5.41) is 15.2. The van der Waals surface area contributed by atoms with E-state index in [1.807, 2.05) is 24.3 Å². The van der Waals surface area contributed by atoms with E-state index in [9.17, 15) is 14.7 Å². The summed E-state index contributed by atoms with van der Waals surface area (Å²) in [6.07, 6.45) is 0. The highest BCUT2D eigenvalue weighted by molar-refractivity contribution is 7.23. The number of carboxylic acids is 1. The number of amides is 1. The van der Waals surface area contributed by atoms with E-state index in [0.29, 0.717) is 10.6 Å². The number of hydrogen-bond donors (Lipinski definition) is 1. The van der Waals surface area contributed by atoms with E-state index in [2.05, 4.69) is 5.32 Å². The predicted octanol–water partition coefficient (Wildman–Crippen LogP) is 1.71. The fourth-order valence-corrected chi connectivity index (χ4v) is 3.11. The summed E-state index contributed by atoms with van der Waals surface area (Å²) >= 11 is 1.37. The highest BCUT2D eigenvalue weighted by atomic mass is 32.1. The van der Waals surface area contributed by atoms with Crippen LogP contribution in [0.15, 0.2) is 24.3 Å². The van der Waals surface area contributed by atoms with Gasteiger partial charge in [-0.15, -0.1) is 11.3 Å². The number of aliphatic carboxylic acids is 1. The summed E-state index contributed by atoms with van der Waals surface area (Å²) in [7, 11) is 0. The van der Waals surface area contributed by atoms with Crippen LogP contribution in [0.25, 0.3) is 10.1 Å². The van der Waals surface area contributed by atoms with Crippen molar-refractivity contribution < 1.29 is 14.7 Å². The van der Waals surface area contributed by atoms with Gasteiger partial charge in [-0.1, -0.05) is 25.1 Å². The summed E-state index contributed by atoms with van der Waals surface area (Å²) < 4.78 is 0.948. The maximum absolute atomic E-state index is 11.2.